The van der Waals surface area contributed by atoms with Gasteiger partial charge in [-0.05, 0) is 12.1 Å². The van der Waals surface area contributed by atoms with Crippen molar-refractivity contribution >= 4 is 23.1 Å². The van der Waals surface area contributed by atoms with E-state index in [-0.39, 0.29) is 12.3 Å². The molecule has 0 saturated carbocycles. The van der Waals surface area contributed by atoms with Gasteiger partial charge in [-0.3, -0.25) is 14.5 Å². The number of nitrogens with zero attached hydrogens (tertiary/aromatic N) is 4. The second kappa shape index (κ2) is 5.84. The normalized spacial score (nSPS) is 10.5. The van der Waals surface area contributed by atoms with Crippen molar-refractivity contribution in [3.8, 4) is 10.6 Å². The number of rotatable bonds is 4. The quantitative estimate of drug-likeness (QED) is 0.801. The van der Waals surface area contributed by atoms with E-state index in [2.05, 4.69) is 20.4 Å². The fourth-order valence-corrected chi connectivity index (χ4v) is 2.65. The van der Waals surface area contributed by atoms with Gasteiger partial charge in [-0.15, -0.1) is 11.3 Å². The Balaban J connectivity index is 1.66. The van der Waals surface area contributed by atoms with Crippen LogP contribution in [0.2, 0.25) is 0 Å². The van der Waals surface area contributed by atoms with Crippen LogP contribution in [0.1, 0.15) is 5.69 Å². The van der Waals surface area contributed by atoms with Crippen LogP contribution in [0.3, 0.4) is 0 Å². The summed E-state index contributed by atoms with van der Waals surface area (Å²) in [6, 6.07) is 5.56. The number of carbonyl (C=O) groups is 1. The molecule has 6 nitrogen and oxygen atoms in total. The monoisotopic (exact) mass is 299 g/mol. The third kappa shape index (κ3) is 3.32. The Morgan fingerprint density at radius 1 is 1.43 bits per heavy atom. The maximum absolute atomic E-state index is 11.9. The average Bonchev–Trinajstić information content (AvgIpc) is 3.09. The summed E-state index contributed by atoms with van der Waals surface area (Å²) in [5.74, 6) is 0.418. The summed E-state index contributed by atoms with van der Waals surface area (Å²) in [4.78, 5) is 20.5. The lowest BCUT2D eigenvalue weighted by molar-refractivity contribution is -0.115. The molecular formula is C14H13N5OS. The highest BCUT2D eigenvalue weighted by Crippen LogP contribution is 2.22. The molecule has 21 heavy (non-hydrogen) atoms. The van der Waals surface area contributed by atoms with Crippen molar-refractivity contribution in [2.24, 2.45) is 7.05 Å². The van der Waals surface area contributed by atoms with Crippen molar-refractivity contribution in [3.63, 3.8) is 0 Å². The molecule has 0 bridgehead atoms. The molecule has 3 aromatic rings. The van der Waals surface area contributed by atoms with E-state index in [9.17, 15) is 4.79 Å². The van der Waals surface area contributed by atoms with E-state index >= 15 is 0 Å². The molecule has 3 rings (SSSR count). The van der Waals surface area contributed by atoms with Crippen molar-refractivity contribution in [1.82, 2.24) is 19.7 Å². The summed E-state index contributed by atoms with van der Waals surface area (Å²) in [6.45, 7) is 0. The predicted molar refractivity (Wildman–Crippen MR) is 80.9 cm³/mol. The summed E-state index contributed by atoms with van der Waals surface area (Å²) in [6.07, 6.45) is 5.49. The summed E-state index contributed by atoms with van der Waals surface area (Å²) in [5.41, 5.74) is 1.70. The maximum atomic E-state index is 11.9. The topological polar surface area (TPSA) is 72.7 Å². The smallest absolute Gasteiger partial charge is 0.231 e. The molecule has 0 atom stereocenters. The number of aryl methyl sites for hydroxylation is 1. The minimum Gasteiger partial charge on any atom is -0.309 e. The second-order valence-electron chi connectivity index (χ2n) is 4.49. The second-order valence-corrected chi connectivity index (χ2v) is 5.34. The number of hydrogen-bond acceptors (Lipinski definition) is 5. The Bertz CT molecular complexity index is 750. The van der Waals surface area contributed by atoms with Gasteiger partial charge >= 0.3 is 0 Å². The average molecular weight is 299 g/mol. The fourth-order valence-electron chi connectivity index (χ4n) is 1.84. The van der Waals surface area contributed by atoms with E-state index in [0.717, 1.165) is 16.3 Å². The molecule has 106 valence electrons. The number of thiazole rings is 1. The van der Waals surface area contributed by atoms with Gasteiger partial charge in [0.15, 0.2) is 5.82 Å². The molecule has 7 heteroatoms. The van der Waals surface area contributed by atoms with Crippen molar-refractivity contribution in [2.45, 2.75) is 6.42 Å². The third-order valence-corrected chi connectivity index (χ3v) is 3.72. The molecule has 0 aliphatic rings. The summed E-state index contributed by atoms with van der Waals surface area (Å²) in [7, 11) is 1.80. The number of carbonyl (C=O) groups excluding carboxylic acids is 1. The number of anilines is 1. The standard InChI is InChI=1S/C14H13N5OS/c1-19-6-4-12(18-19)17-13(20)7-11-9-21-14(16-11)10-3-2-5-15-8-10/h2-6,8-9H,7H2,1H3,(H,17,18,20). The van der Waals surface area contributed by atoms with Crippen LogP contribution in [0, 0.1) is 0 Å². The zero-order valence-corrected chi connectivity index (χ0v) is 12.2. The number of amides is 1. The minimum atomic E-state index is -0.128. The van der Waals surface area contributed by atoms with Gasteiger partial charge in [0.05, 0.1) is 12.1 Å². The summed E-state index contributed by atoms with van der Waals surface area (Å²) < 4.78 is 1.64. The molecule has 0 fully saturated rings. The van der Waals surface area contributed by atoms with Crippen LogP contribution in [0.4, 0.5) is 5.82 Å². The first-order valence-corrected chi connectivity index (χ1v) is 7.23. The van der Waals surface area contributed by atoms with Crippen molar-refractivity contribution in [2.75, 3.05) is 5.32 Å². The first-order valence-electron chi connectivity index (χ1n) is 6.35. The predicted octanol–water partition coefficient (Wildman–Crippen LogP) is 2.12. The molecule has 0 unspecified atom stereocenters. The Kier molecular flexibility index (Phi) is 3.74. The van der Waals surface area contributed by atoms with E-state index in [4.69, 9.17) is 0 Å². The molecule has 0 aliphatic carbocycles. The lowest BCUT2D eigenvalue weighted by atomic mass is 10.3. The van der Waals surface area contributed by atoms with Crippen molar-refractivity contribution in [1.29, 1.82) is 0 Å². The number of aromatic nitrogens is 4. The van der Waals surface area contributed by atoms with Gasteiger partial charge in [0.1, 0.15) is 5.01 Å². The Morgan fingerprint density at radius 2 is 2.33 bits per heavy atom. The van der Waals surface area contributed by atoms with Crippen LogP contribution < -0.4 is 5.32 Å². The van der Waals surface area contributed by atoms with E-state index in [1.165, 1.54) is 11.3 Å². The van der Waals surface area contributed by atoms with Gasteiger partial charge in [-0.25, -0.2) is 4.98 Å². The summed E-state index contributed by atoms with van der Waals surface area (Å²) >= 11 is 1.50. The molecule has 3 heterocycles. The van der Waals surface area contributed by atoms with Gasteiger partial charge < -0.3 is 5.32 Å². The van der Waals surface area contributed by atoms with E-state index < -0.39 is 0 Å². The highest BCUT2D eigenvalue weighted by atomic mass is 32.1. The summed E-state index contributed by atoms with van der Waals surface area (Å²) in [5, 5.41) is 9.60. The lowest BCUT2D eigenvalue weighted by Gasteiger charge is -1.99. The Morgan fingerprint density at radius 3 is 3.05 bits per heavy atom. The van der Waals surface area contributed by atoms with Gasteiger partial charge in [-0.1, -0.05) is 0 Å². The van der Waals surface area contributed by atoms with Crippen LogP contribution >= 0.6 is 11.3 Å². The van der Waals surface area contributed by atoms with Crippen LogP contribution in [0.15, 0.2) is 42.2 Å². The first-order chi connectivity index (χ1) is 10.2. The fraction of sp³-hybridized carbons (Fsp3) is 0.143. The van der Waals surface area contributed by atoms with E-state index in [0.29, 0.717) is 5.82 Å². The third-order valence-electron chi connectivity index (χ3n) is 2.78. The molecule has 0 spiro atoms. The van der Waals surface area contributed by atoms with Gasteiger partial charge in [-0.2, -0.15) is 5.10 Å². The SMILES string of the molecule is Cn1ccc(NC(=O)Cc2csc(-c3cccnc3)n2)n1. The maximum Gasteiger partial charge on any atom is 0.231 e. The molecule has 0 saturated heterocycles. The highest BCUT2D eigenvalue weighted by Gasteiger charge is 2.10. The number of nitrogens with one attached hydrogen (secondary N) is 1. The zero-order chi connectivity index (χ0) is 14.7. The van der Waals surface area contributed by atoms with Crippen LogP contribution in [0.5, 0.6) is 0 Å². The largest absolute Gasteiger partial charge is 0.309 e. The van der Waals surface area contributed by atoms with Crippen LogP contribution in [0.25, 0.3) is 10.6 Å². The Hall–Kier alpha value is -2.54. The van der Waals surface area contributed by atoms with Gasteiger partial charge in [0.25, 0.3) is 0 Å². The zero-order valence-electron chi connectivity index (χ0n) is 11.4. The molecule has 1 N–H and O–H groups in total. The van der Waals surface area contributed by atoms with Crippen LogP contribution in [-0.2, 0) is 18.3 Å². The van der Waals surface area contributed by atoms with Gasteiger partial charge in [0, 0.05) is 42.6 Å². The number of hydrogen-bond donors (Lipinski definition) is 1. The van der Waals surface area contributed by atoms with Crippen LogP contribution in [-0.4, -0.2) is 25.7 Å². The van der Waals surface area contributed by atoms with Crippen molar-refractivity contribution in [3.05, 3.63) is 47.9 Å². The molecule has 3 aromatic heterocycles. The first kappa shape index (κ1) is 13.4. The Labute approximate surface area is 125 Å². The molecule has 0 aliphatic heterocycles. The van der Waals surface area contributed by atoms with Crippen molar-refractivity contribution < 1.29 is 4.79 Å². The molecule has 0 aromatic carbocycles. The van der Waals surface area contributed by atoms with E-state index in [1.807, 2.05) is 17.5 Å². The lowest BCUT2D eigenvalue weighted by Crippen LogP contribution is -2.15. The molecule has 1 amide bonds. The number of pyridine rings is 1. The molecular weight excluding hydrogens is 286 g/mol. The van der Waals surface area contributed by atoms with Gasteiger partial charge in [0.2, 0.25) is 5.91 Å². The van der Waals surface area contributed by atoms with E-state index in [1.54, 1.807) is 36.4 Å². The minimum absolute atomic E-state index is 0.128. The highest BCUT2D eigenvalue weighted by molar-refractivity contribution is 7.13. The molecule has 0 radical (unpaired) electrons.